The molecule has 1 saturated heterocycles. The molecule has 1 aliphatic rings. The highest BCUT2D eigenvalue weighted by atomic mass is 16.4. The van der Waals surface area contributed by atoms with E-state index in [9.17, 15) is 4.79 Å². The Hall–Kier alpha value is -1.35. The summed E-state index contributed by atoms with van der Waals surface area (Å²) in [5.41, 5.74) is 1.40. The lowest BCUT2D eigenvalue weighted by atomic mass is 10.0. The molecule has 1 aromatic carbocycles. The Morgan fingerprint density at radius 3 is 2.85 bits per heavy atom. The van der Waals surface area contributed by atoms with E-state index in [-0.39, 0.29) is 0 Å². The summed E-state index contributed by atoms with van der Waals surface area (Å²) in [6.07, 6.45) is 4.60. The second-order valence-electron chi connectivity index (χ2n) is 5.96. The van der Waals surface area contributed by atoms with E-state index in [1.807, 2.05) is 0 Å². The highest BCUT2D eigenvalue weighted by Gasteiger charge is 2.25. The van der Waals surface area contributed by atoms with Crippen molar-refractivity contribution in [1.82, 2.24) is 4.90 Å². The smallest absolute Gasteiger partial charge is 0.303 e. The molecule has 0 radical (unpaired) electrons. The molecule has 0 spiro atoms. The maximum absolute atomic E-state index is 10.6. The molecule has 0 saturated carbocycles. The number of nitrogens with zero attached hydrogens (tertiary/aromatic N) is 1. The van der Waals surface area contributed by atoms with Crippen molar-refractivity contribution in [1.29, 1.82) is 0 Å². The van der Waals surface area contributed by atoms with Gasteiger partial charge in [-0.2, -0.15) is 0 Å². The SMILES string of the molecule is CC(CCc1ccccc1)N1CCC(CCC(=O)O)C1. The number of carboxylic acid groups (broad SMARTS) is 1. The van der Waals surface area contributed by atoms with Crippen molar-refractivity contribution in [3.63, 3.8) is 0 Å². The van der Waals surface area contributed by atoms with E-state index >= 15 is 0 Å². The summed E-state index contributed by atoms with van der Waals surface area (Å²) in [5, 5.41) is 8.75. The van der Waals surface area contributed by atoms with E-state index in [4.69, 9.17) is 5.11 Å². The zero-order valence-electron chi connectivity index (χ0n) is 12.3. The average Bonchev–Trinajstić information content (AvgIpc) is 2.92. The van der Waals surface area contributed by atoms with E-state index in [1.54, 1.807) is 0 Å². The number of rotatable bonds is 7. The summed E-state index contributed by atoms with van der Waals surface area (Å²) in [5.74, 6) is -0.0918. The minimum Gasteiger partial charge on any atom is -0.481 e. The maximum atomic E-state index is 10.6. The molecule has 3 heteroatoms. The Morgan fingerprint density at radius 2 is 2.15 bits per heavy atom. The Balaban J connectivity index is 1.71. The van der Waals surface area contributed by atoms with Gasteiger partial charge in [-0.1, -0.05) is 30.3 Å². The summed E-state index contributed by atoms with van der Waals surface area (Å²) in [6.45, 7) is 4.49. The van der Waals surface area contributed by atoms with Crippen LogP contribution in [0.5, 0.6) is 0 Å². The van der Waals surface area contributed by atoms with Gasteiger partial charge in [0.15, 0.2) is 0 Å². The molecule has 0 bridgehead atoms. The van der Waals surface area contributed by atoms with Crippen LogP contribution in [0, 0.1) is 5.92 Å². The van der Waals surface area contributed by atoms with Crippen LogP contribution in [0.25, 0.3) is 0 Å². The Bertz CT molecular complexity index is 418. The monoisotopic (exact) mass is 275 g/mol. The quantitative estimate of drug-likeness (QED) is 0.830. The van der Waals surface area contributed by atoms with Gasteiger partial charge in [-0.05, 0) is 50.6 Å². The molecular formula is C17H25NO2. The normalized spacial score (nSPS) is 20.9. The Morgan fingerprint density at radius 1 is 1.40 bits per heavy atom. The highest BCUT2D eigenvalue weighted by molar-refractivity contribution is 5.66. The van der Waals surface area contributed by atoms with Gasteiger partial charge < -0.3 is 10.0 Å². The van der Waals surface area contributed by atoms with Crippen molar-refractivity contribution in [2.75, 3.05) is 13.1 Å². The Labute approximate surface area is 121 Å². The van der Waals surface area contributed by atoms with E-state index in [1.165, 1.54) is 12.0 Å². The van der Waals surface area contributed by atoms with Crippen molar-refractivity contribution in [3.8, 4) is 0 Å². The predicted molar refractivity (Wildman–Crippen MR) is 80.8 cm³/mol. The van der Waals surface area contributed by atoms with Gasteiger partial charge in [-0.3, -0.25) is 4.79 Å². The molecular weight excluding hydrogens is 250 g/mol. The third-order valence-corrected chi connectivity index (χ3v) is 4.40. The predicted octanol–water partition coefficient (Wildman–Crippen LogP) is 3.19. The summed E-state index contributed by atoms with van der Waals surface area (Å²) in [6, 6.07) is 11.2. The lowest BCUT2D eigenvalue weighted by Crippen LogP contribution is -2.31. The van der Waals surface area contributed by atoms with Crippen molar-refractivity contribution in [2.45, 2.75) is 45.1 Å². The molecule has 1 N–H and O–H groups in total. The molecule has 110 valence electrons. The lowest BCUT2D eigenvalue weighted by Gasteiger charge is -2.24. The largest absolute Gasteiger partial charge is 0.481 e. The zero-order valence-corrected chi connectivity index (χ0v) is 12.3. The van der Waals surface area contributed by atoms with Crippen LogP contribution < -0.4 is 0 Å². The van der Waals surface area contributed by atoms with Crippen LogP contribution in [-0.2, 0) is 11.2 Å². The molecule has 1 aromatic rings. The number of carbonyl (C=O) groups is 1. The van der Waals surface area contributed by atoms with Gasteiger partial charge in [0.2, 0.25) is 0 Å². The topological polar surface area (TPSA) is 40.5 Å². The van der Waals surface area contributed by atoms with Gasteiger partial charge in [-0.15, -0.1) is 0 Å². The minimum absolute atomic E-state index is 0.316. The van der Waals surface area contributed by atoms with Crippen LogP contribution in [0.2, 0.25) is 0 Å². The lowest BCUT2D eigenvalue weighted by molar-refractivity contribution is -0.137. The van der Waals surface area contributed by atoms with E-state index in [2.05, 4.69) is 42.2 Å². The number of likely N-dealkylation sites (tertiary alicyclic amines) is 1. The molecule has 2 rings (SSSR count). The molecule has 20 heavy (non-hydrogen) atoms. The maximum Gasteiger partial charge on any atom is 0.303 e. The van der Waals surface area contributed by atoms with Crippen molar-refractivity contribution in [3.05, 3.63) is 35.9 Å². The van der Waals surface area contributed by atoms with Gasteiger partial charge in [-0.25, -0.2) is 0 Å². The summed E-state index contributed by atoms with van der Waals surface area (Å²) in [7, 11) is 0. The third kappa shape index (κ3) is 4.64. The molecule has 1 fully saturated rings. The van der Waals surface area contributed by atoms with Crippen LogP contribution in [0.3, 0.4) is 0 Å². The Kier molecular flexibility index (Phi) is 5.60. The summed E-state index contributed by atoms with van der Waals surface area (Å²) < 4.78 is 0. The second-order valence-corrected chi connectivity index (χ2v) is 5.96. The van der Waals surface area contributed by atoms with Crippen LogP contribution in [0.1, 0.15) is 38.2 Å². The number of hydrogen-bond acceptors (Lipinski definition) is 2. The van der Waals surface area contributed by atoms with E-state index in [0.29, 0.717) is 18.4 Å². The van der Waals surface area contributed by atoms with Crippen LogP contribution in [0.15, 0.2) is 30.3 Å². The van der Waals surface area contributed by atoms with E-state index < -0.39 is 5.97 Å². The van der Waals surface area contributed by atoms with Crippen molar-refractivity contribution in [2.24, 2.45) is 5.92 Å². The molecule has 2 atom stereocenters. The fourth-order valence-electron chi connectivity index (χ4n) is 3.03. The first-order valence-electron chi connectivity index (χ1n) is 7.65. The molecule has 1 aliphatic heterocycles. The standard InChI is InChI=1S/C17H25NO2/c1-14(7-8-15-5-3-2-4-6-15)18-12-11-16(13-18)9-10-17(19)20/h2-6,14,16H,7-13H2,1H3,(H,19,20). The van der Waals surface area contributed by atoms with Gasteiger partial charge in [0.1, 0.15) is 0 Å². The van der Waals surface area contributed by atoms with Crippen LogP contribution >= 0.6 is 0 Å². The fraction of sp³-hybridized carbons (Fsp3) is 0.588. The number of carboxylic acids is 1. The molecule has 0 amide bonds. The molecule has 0 aromatic heterocycles. The first-order chi connectivity index (χ1) is 9.65. The second kappa shape index (κ2) is 7.44. The highest BCUT2D eigenvalue weighted by Crippen LogP contribution is 2.24. The first kappa shape index (κ1) is 15.0. The molecule has 0 aliphatic carbocycles. The number of benzene rings is 1. The van der Waals surface area contributed by atoms with Gasteiger partial charge in [0, 0.05) is 19.0 Å². The minimum atomic E-state index is -0.666. The van der Waals surface area contributed by atoms with Gasteiger partial charge >= 0.3 is 5.97 Å². The first-order valence-corrected chi connectivity index (χ1v) is 7.65. The summed E-state index contributed by atoms with van der Waals surface area (Å²) in [4.78, 5) is 13.1. The third-order valence-electron chi connectivity index (χ3n) is 4.40. The summed E-state index contributed by atoms with van der Waals surface area (Å²) >= 11 is 0. The number of hydrogen-bond donors (Lipinski definition) is 1. The average molecular weight is 275 g/mol. The zero-order chi connectivity index (χ0) is 14.4. The van der Waals surface area contributed by atoms with Crippen molar-refractivity contribution >= 4 is 5.97 Å². The van der Waals surface area contributed by atoms with Crippen molar-refractivity contribution < 1.29 is 9.90 Å². The number of aliphatic carboxylic acids is 1. The van der Waals surface area contributed by atoms with E-state index in [0.717, 1.165) is 32.4 Å². The van der Waals surface area contributed by atoms with Crippen LogP contribution in [0.4, 0.5) is 0 Å². The molecule has 2 unspecified atom stereocenters. The number of aryl methyl sites for hydroxylation is 1. The van der Waals surface area contributed by atoms with Gasteiger partial charge in [0.25, 0.3) is 0 Å². The van der Waals surface area contributed by atoms with Crippen LogP contribution in [-0.4, -0.2) is 35.1 Å². The molecule has 1 heterocycles. The molecule has 3 nitrogen and oxygen atoms in total. The van der Waals surface area contributed by atoms with Gasteiger partial charge in [0.05, 0.1) is 0 Å². The fourth-order valence-corrected chi connectivity index (χ4v) is 3.03.